The van der Waals surface area contributed by atoms with Crippen molar-refractivity contribution in [2.75, 3.05) is 0 Å². The minimum absolute atomic E-state index is 0.361. The Kier molecular flexibility index (Phi) is 3.53. The van der Waals surface area contributed by atoms with Crippen LogP contribution in [0, 0.1) is 16.7 Å². The first-order valence-electron chi connectivity index (χ1n) is 6.05. The van der Waals surface area contributed by atoms with E-state index in [9.17, 15) is 0 Å². The number of hydrogen-bond donors (Lipinski definition) is 0. The smallest absolute Gasteiger partial charge is 0.114 e. The number of hydrogen-bond acceptors (Lipinski definition) is 0. The van der Waals surface area contributed by atoms with E-state index in [1.807, 2.05) is 0 Å². The van der Waals surface area contributed by atoms with Gasteiger partial charge in [0, 0.05) is 0 Å². The van der Waals surface area contributed by atoms with E-state index < -0.39 is 0 Å². The molecule has 0 aromatic heterocycles. The van der Waals surface area contributed by atoms with Crippen molar-refractivity contribution < 1.29 is 0 Å². The Balaban J connectivity index is 2.57. The molecule has 0 fully saturated rings. The summed E-state index contributed by atoms with van der Waals surface area (Å²) in [6.07, 6.45) is 6.02. The molecule has 0 unspecified atom stereocenters. The predicted molar refractivity (Wildman–Crippen MR) is 71.2 cm³/mol. The van der Waals surface area contributed by atoms with Gasteiger partial charge in [-0.2, -0.15) is 0 Å². The number of rotatable bonds is 1. The third kappa shape index (κ3) is 4.28. The normalized spacial score (nSPS) is 18.7. The summed E-state index contributed by atoms with van der Waals surface area (Å²) in [5.74, 6) is 5.39. The van der Waals surface area contributed by atoms with E-state index >= 15 is 0 Å². The zero-order valence-corrected chi connectivity index (χ0v) is 11.2. The van der Waals surface area contributed by atoms with E-state index in [0.717, 1.165) is 0 Å². The summed E-state index contributed by atoms with van der Waals surface area (Å²) in [4.78, 5) is 0. The minimum Gasteiger partial charge on any atom is -0.114 e. The van der Waals surface area contributed by atoms with Gasteiger partial charge in [0.25, 0.3) is 0 Å². The maximum atomic E-state index is 2.39. The van der Waals surface area contributed by atoms with Crippen LogP contribution in [0.1, 0.15) is 41.5 Å². The number of allylic oxidation sites excluding steroid dienone is 2. The van der Waals surface area contributed by atoms with Crippen LogP contribution < -0.4 is 0 Å². The first-order chi connectivity index (χ1) is 6.68. The summed E-state index contributed by atoms with van der Waals surface area (Å²) in [6.45, 7) is 14.5. The lowest BCUT2D eigenvalue weighted by molar-refractivity contribution is 0.343. The van der Waals surface area contributed by atoms with Gasteiger partial charge in [-0.1, -0.05) is 60.0 Å². The Hall–Kier alpha value is -0.455. The zero-order chi connectivity index (χ0) is 11.7. The van der Waals surface area contributed by atoms with Crippen molar-refractivity contribution in [2.24, 2.45) is 16.7 Å². The van der Waals surface area contributed by atoms with Crippen molar-refractivity contribution in [2.45, 2.75) is 47.9 Å². The van der Waals surface area contributed by atoms with Crippen LogP contribution in [0.3, 0.4) is 0 Å². The van der Waals surface area contributed by atoms with Gasteiger partial charge in [-0.25, -0.2) is 0 Å². The second kappa shape index (κ2) is 4.19. The van der Waals surface area contributed by atoms with Crippen LogP contribution in [0.5, 0.6) is 0 Å². The van der Waals surface area contributed by atoms with Crippen molar-refractivity contribution in [1.82, 2.24) is 0 Å². The third-order valence-corrected chi connectivity index (χ3v) is 2.98. The highest BCUT2D eigenvalue weighted by molar-refractivity contribution is 6.69. The molecule has 0 amide bonds. The summed E-state index contributed by atoms with van der Waals surface area (Å²) in [5, 5.41) is 0. The quantitative estimate of drug-likeness (QED) is 0.555. The van der Waals surface area contributed by atoms with Crippen molar-refractivity contribution in [3.8, 4) is 0 Å². The summed E-state index contributed by atoms with van der Waals surface area (Å²) in [7, 11) is 0. The average Bonchev–Trinajstić information content (AvgIpc) is 2.00. The van der Waals surface area contributed by atoms with E-state index in [1.165, 1.54) is 6.32 Å². The Bertz CT molecular complexity index is 246. The molecule has 0 aliphatic carbocycles. The zero-order valence-electron chi connectivity index (χ0n) is 11.2. The molecule has 0 spiro atoms. The van der Waals surface area contributed by atoms with Gasteiger partial charge in [0.15, 0.2) is 6.71 Å². The molecule has 1 rings (SSSR count). The maximum Gasteiger partial charge on any atom is 0.192 e. The monoisotopic (exact) mass is 204 g/mol. The molecule has 0 radical (unpaired) electrons. The third-order valence-electron chi connectivity index (χ3n) is 2.98. The molecule has 84 valence electrons. The highest BCUT2D eigenvalue weighted by atomic mass is 14.2. The fourth-order valence-electron chi connectivity index (χ4n) is 2.07. The van der Waals surface area contributed by atoms with E-state index in [0.29, 0.717) is 23.5 Å². The van der Waals surface area contributed by atoms with Crippen LogP contribution in [0.4, 0.5) is 0 Å². The Labute approximate surface area is 95.9 Å². The summed E-state index contributed by atoms with van der Waals surface area (Å²) >= 11 is 0. The van der Waals surface area contributed by atoms with Gasteiger partial charge < -0.3 is 0 Å². The Morgan fingerprint density at radius 1 is 0.933 bits per heavy atom. The van der Waals surface area contributed by atoms with Gasteiger partial charge >= 0.3 is 0 Å². The standard InChI is InChI=1S/C14H25B/c1-13(2,3)11-15-9-7-12(8-10-15)14(4,5)6/h7-10,12H,11H2,1-6H3. The first-order valence-corrected chi connectivity index (χ1v) is 6.05. The molecule has 1 aliphatic rings. The molecule has 0 atom stereocenters. The molecule has 1 heteroatoms. The highest BCUT2D eigenvalue weighted by Gasteiger charge is 2.25. The van der Waals surface area contributed by atoms with Crippen LogP contribution in [-0.2, 0) is 0 Å². The van der Waals surface area contributed by atoms with Crippen molar-refractivity contribution in [1.29, 1.82) is 0 Å². The second-order valence-electron chi connectivity index (χ2n) is 7.09. The molecule has 1 heterocycles. The van der Waals surface area contributed by atoms with E-state index in [1.54, 1.807) is 0 Å². The van der Waals surface area contributed by atoms with Gasteiger partial charge in [0.05, 0.1) is 0 Å². The first kappa shape index (κ1) is 12.6. The molecule has 1 aliphatic heterocycles. The molecule has 0 aromatic rings. The Morgan fingerprint density at radius 2 is 1.40 bits per heavy atom. The van der Waals surface area contributed by atoms with Crippen LogP contribution in [0.2, 0.25) is 6.32 Å². The van der Waals surface area contributed by atoms with E-state index in [4.69, 9.17) is 0 Å². The second-order valence-corrected chi connectivity index (χ2v) is 7.09. The summed E-state index contributed by atoms with van der Waals surface area (Å²) in [5.41, 5.74) is 0.785. The van der Waals surface area contributed by atoms with Crippen molar-refractivity contribution in [3.63, 3.8) is 0 Å². The van der Waals surface area contributed by atoms with Crippen LogP contribution >= 0.6 is 0 Å². The van der Waals surface area contributed by atoms with E-state index in [2.05, 4.69) is 65.6 Å². The molecule has 0 aromatic carbocycles. The SMILES string of the molecule is CC(C)(C)CB1C=CC(C(C)(C)C)C=C1. The lowest BCUT2D eigenvalue weighted by Gasteiger charge is -2.29. The van der Waals surface area contributed by atoms with Crippen LogP contribution in [0.15, 0.2) is 24.1 Å². The molecule has 0 saturated heterocycles. The van der Waals surface area contributed by atoms with Gasteiger partial charge in [0.1, 0.15) is 0 Å². The van der Waals surface area contributed by atoms with E-state index in [-0.39, 0.29) is 0 Å². The fourth-order valence-corrected chi connectivity index (χ4v) is 2.07. The van der Waals surface area contributed by atoms with Gasteiger partial charge in [-0.05, 0) is 16.7 Å². The van der Waals surface area contributed by atoms with Gasteiger partial charge in [0.2, 0.25) is 0 Å². The van der Waals surface area contributed by atoms with Gasteiger partial charge in [-0.15, -0.1) is 12.0 Å². The predicted octanol–water partition coefficient (Wildman–Crippen LogP) is 4.39. The molecule has 0 bridgehead atoms. The largest absolute Gasteiger partial charge is 0.192 e. The Morgan fingerprint density at radius 3 is 1.73 bits per heavy atom. The molecule has 15 heavy (non-hydrogen) atoms. The molecule has 0 saturated carbocycles. The lowest BCUT2D eigenvalue weighted by atomic mass is 9.41. The summed E-state index contributed by atoms with van der Waals surface area (Å²) < 4.78 is 0. The molecular formula is C14H25B. The van der Waals surface area contributed by atoms with Crippen molar-refractivity contribution in [3.05, 3.63) is 24.1 Å². The fraction of sp³-hybridized carbons (Fsp3) is 0.714. The lowest BCUT2D eigenvalue weighted by Crippen LogP contribution is -2.24. The van der Waals surface area contributed by atoms with Crippen LogP contribution in [0.25, 0.3) is 0 Å². The van der Waals surface area contributed by atoms with Crippen molar-refractivity contribution >= 4 is 6.71 Å². The molecular weight excluding hydrogens is 179 g/mol. The topological polar surface area (TPSA) is 0 Å². The van der Waals surface area contributed by atoms with Crippen LogP contribution in [-0.4, -0.2) is 6.71 Å². The maximum absolute atomic E-state index is 2.39. The summed E-state index contributed by atoms with van der Waals surface area (Å²) in [6, 6.07) is 0. The average molecular weight is 204 g/mol. The minimum atomic E-state index is 0.361. The molecule has 0 N–H and O–H groups in total. The highest BCUT2D eigenvalue weighted by Crippen LogP contribution is 2.32. The molecule has 0 nitrogen and oxygen atoms in total. The van der Waals surface area contributed by atoms with Gasteiger partial charge in [-0.3, -0.25) is 0 Å².